The van der Waals surface area contributed by atoms with Crippen molar-refractivity contribution in [1.82, 2.24) is 14.4 Å². The van der Waals surface area contributed by atoms with Crippen LogP contribution < -0.4 is 0 Å². The van der Waals surface area contributed by atoms with Crippen LogP contribution in [0.3, 0.4) is 0 Å². The van der Waals surface area contributed by atoms with Crippen molar-refractivity contribution < 1.29 is 0 Å². The number of fused-ring (bicyclic) bond motifs is 3. The minimum atomic E-state index is 0.845. The van der Waals surface area contributed by atoms with Crippen LogP contribution in [0.2, 0.25) is 5.02 Å². The summed E-state index contributed by atoms with van der Waals surface area (Å²) in [7, 11) is 2.20. The Morgan fingerprint density at radius 3 is 2.43 bits per heavy atom. The van der Waals surface area contributed by atoms with Gasteiger partial charge in [-0.2, -0.15) is 0 Å². The average Bonchev–Trinajstić information content (AvgIpc) is 2.90. The molecule has 0 amide bonds. The van der Waals surface area contributed by atoms with E-state index in [9.17, 15) is 0 Å². The number of hydrogen-bond donors (Lipinski definition) is 0. The zero-order valence-electron chi connectivity index (χ0n) is 13.5. The fraction of sp³-hybridized carbons (Fsp3) is 0.368. The van der Waals surface area contributed by atoms with Crippen LogP contribution in [0.25, 0.3) is 21.8 Å². The molecule has 3 aromatic rings. The van der Waals surface area contributed by atoms with Crippen LogP contribution in [0.5, 0.6) is 0 Å². The van der Waals surface area contributed by atoms with E-state index in [-0.39, 0.29) is 0 Å². The van der Waals surface area contributed by atoms with E-state index in [2.05, 4.69) is 51.7 Å². The third-order valence-corrected chi connectivity index (χ3v) is 5.28. The summed E-state index contributed by atoms with van der Waals surface area (Å²) < 4.78 is 2.39. The molecule has 120 valence electrons. The molecule has 0 radical (unpaired) electrons. The number of benzene rings is 2. The van der Waals surface area contributed by atoms with E-state index >= 15 is 0 Å². The molecule has 1 saturated heterocycles. The van der Waals surface area contributed by atoms with Gasteiger partial charge in [-0.1, -0.05) is 41.9 Å². The third-order valence-electron chi connectivity index (χ3n) is 4.98. The Balaban J connectivity index is 1.70. The van der Waals surface area contributed by atoms with E-state index in [1.54, 1.807) is 0 Å². The zero-order chi connectivity index (χ0) is 15.8. The molecule has 0 spiro atoms. The quantitative estimate of drug-likeness (QED) is 0.727. The van der Waals surface area contributed by atoms with Gasteiger partial charge in [-0.3, -0.25) is 4.90 Å². The first-order valence-electron chi connectivity index (χ1n) is 8.30. The second kappa shape index (κ2) is 6.16. The molecule has 4 heteroatoms. The second-order valence-corrected chi connectivity index (χ2v) is 6.86. The topological polar surface area (TPSA) is 11.4 Å². The molecule has 0 atom stereocenters. The van der Waals surface area contributed by atoms with Crippen molar-refractivity contribution in [3.63, 3.8) is 0 Å². The van der Waals surface area contributed by atoms with Crippen molar-refractivity contribution in [2.24, 2.45) is 0 Å². The van der Waals surface area contributed by atoms with Gasteiger partial charge in [0.2, 0.25) is 0 Å². The predicted octanol–water partition coefficient (Wildman–Crippen LogP) is 3.70. The summed E-state index contributed by atoms with van der Waals surface area (Å²) in [5.74, 6) is 0. The van der Waals surface area contributed by atoms with E-state index < -0.39 is 0 Å². The van der Waals surface area contributed by atoms with Gasteiger partial charge in [-0.05, 0) is 19.2 Å². The number of rotatable bonds is 3. The van der Waals surface area contributed by atoms with E-state index in [0.29, 0.717) is 0 Å². The largest absolute Gasteiger partial charge is 0.338 e. The van der Waals surface area contributed by atoms with Crippen molar-refractivity contribution in [3.05, 3.63) is 47.5 Å². The van der Waals surface area contributed by atoms with Crippen LogP contribution in [0, 0.1) is 0 Å². The molecule has 4 rings (SSSR count). The van der Waals surface area contributed by atoms with Gasteiger partial charge in [-0.15, -0.1) is 0 Å². The summed E-state index contributed by atoms with van der Waals surface area (Å²) in [5.41, 5.74) is 2.45. The van der Waals surface area contributed by atoms with Crippen LogP contribution >= 0.6 is 11.6 Å². The first-order chi connectivity index (χ1) is 11.2. The maximum atomic E-state index is 6.53. The number of piperazine rings is 1. The lowest BCUT2D eigenvalue weighted by atomic mass is 10.2. The van der Waals surface area contributed by atoms with Gasteiger partial charge < -0.3 is 9.47 Å². The Morgan fingerprint density at radius 2 is 1.61 bits per heavy atom. The highest BCUT2D eigenvalue weighted by Crippen LogP contribution is 2.33. The van der Waals surface area contributed by atoms with Crippen molar-refractivity contribution >= 4 is 33.4 Å². The molecule has 1 aromatic heterocycles. The fourth-order valence-corrected chi connectivity index (χ4v) is 3.89. The number of likely N-dealkylation sites (N-methyl/N-ethyl adjacent to an activating group) is 1. The lowest BCUT2D eigenvalue weighted by Crippen LogP contribution is -2.45. The molecule has 3 nitrogen and oxygen atoms in total. The van der Waals surface area contributed by atoms with Gasteiger partial charge >= 0.3 is 0 Å². The number of nitrogens with zero attached hydrogens (tertiary/aromatic N) is 3. The number of para-hydroxylation sites is 2. The van der Waals surface area contributed by atoms with E-state index in [1.807, 2.05) is 12.1 Å². The lowest BCUT2D eigenvalue weighted by Gasteiger charge is -2.32. The first-order valence-corrected chi connectivity index (χ1v) is 8.68. The number of hydrogen-bond acceptors (Lipinski definition) is 2. The van der Waals surface area contributed by atoms with Crippen molar-refractivity contribution in [2.45, 2.75) is 6.54 Å². The molecular formula is C19H22ClN3. The molecule has 0 unspecified atom stereocenters. The second-order valence-electron chi connectivity index (χ2n) is 6.45. The highest BCUT2D eigenvalue weighted by molar-refractivity contribution is 6.36. The summed E-state index contributed by atoms with van der Waals surface area (Å²) in [4.78, 5) is 4.95. The maximum Gasteiger partial charge on any atom is 0.0681 e. The monoisotopic (exact) mass is 327 g/mol. The highest BCUT2D eigenvalue weighted by Gasteiger charge is 2.16. The van der Waals surface area contributed by atoms with Gasteiger partial charge in [0.25, 0.3) is 0 Å². The zero-order valence-corrected chi connectivity index (χ0v) is 14.3. The van der Waals surface area contributed by atoms with Crippen molar-refractivity contribution in [1.29, 1.82) is 0 Å². The van der Waals surface area contributed by atoms with Crippen LogP contribution in [-0.2, 0) is 6.54 Å². The molecule has 1 fully saturated rings. The maximum absolute atomic E-state index is 6.53. The Labute approximate surface area is 142 Å². The van der Waals surface area contributed by atoms with E-state index in [0.717, 1.165) is 44.3 Å². The molecule has 2 aromatic carbocycles. The molecular weight excluding hydrogens is 306 g/mol. The Hall–Kier alpha value is -1.55. The van der Waals surface area contributed by atoms with E-state index in [1.165, 1.54) is 21.8 Å². The van der Waals surface area contributed by atoms with Gasteiger partial charge in [0.1, 0.15) is 0 Å². The number of aromatic nitrogens is 1. The highest BCUT2D eigenvalue weighted by atomic mass is 35.5. The van der Waals surface area contributed by atoms with Gasteiger partial charge in [0.15, 0.2) is 0 Å². The number of halogens is 1. The predicted molar refractivity (Wildman–Crippen MR) is 98.4 cm³/mol. The molecule has 2 heterocycles. The lowest BCUT2D eigenvalue weighted by molar-refractivity contribution is 0.151. The van der Waals surface area contributed by atoms with Crippen LogP contribution in [0.4, 0.5) is 0 Å². The Kier molecular flexibility index (Phi) is 4.02. The normalized spacial score (nSPS) is 17.3. The van der Waals surface area contributed by atoms with Gasteiger partial charge in [0.05, 0.1) is 10.5 Å². The summed E-state index contributed by atoms with van der Waals surface area (Å²) in [6, 6.07) is 14.8. The molecule has 0 aliphatic carbocycles. The van der Waals surface area contributed by atoms with Crippen LogP contribution in [-0.4, -0.2) is 54.1 Å². The SMILES string of the molecule is CN1CCN(CCn2c3ccccc3c3cccc(Cl)c32)CC1. The minimum Gasteiger partial charge on any atom is -0.338 e. The third kappa shape index (κ3) is 2.74. The first kappa shape index (κ1) is 15.0. The molecule has 1 aliphatic rings. The van der Waals surface area contributed by atoms with E-state index in [4.69, 9.17) is 11.6 Å². The minimum absolute atomic E-state index is 0.845. The smallest absolute Gasteiger partial charge is 0.0681 e. The molecule has 23 heavy (non-hydrogen) atoms. The van der Waals surface area contributed by atoms with Crippen LogP contribution in [0.15, 0.2) is 42.5 Å². The average molecular weight is 328 g/mol. The van der Waals surface area contributed by atoms with Gasteiger partial charge in [0, 0.05) is 55.6 Å². The van der Waals surface area contributed by atoms with Crippen LogP contribution in [0.1, 0.15) is 0 Å². The van der Waals surface area contributed by atoms with Gasteiger partial charge in [-0.25, -0.2) is 0 Å². The summed E-state index contributed by atoms with van der Waals surface area (Å²) in [5, 5.41) is 3.40. The van der Waals surface area contributed by atoms with Crippen molar-refractivity contribution in [3.8, 4) is 0 Å². The molecule has 0 N–H and O–H groups in total. The summed E-state index contributed by atoms with van der Waals surface area (Å²) in [6.45, 7) is 6.69. The Morgan fingerprint density at radius 1 is 0.870 bits per heavy atom. The molecule has 1 aliphatic heterocycles. The standard InChI is InChI=1S/C19H22ClN3/c1-21-9-11-22(12-10-21)13-14-23-18-8-3-2-5-15(18)16-6-4-7-17(20)19(16)23/h2-8H,9-14H2,1H3. The molecule has 0 bridgehead atoms. The van der Waals surface area contributed by atoms with Crippen molar-refractivity contribution in [2.75, 3.05) is 39.8 Å². The fourth-order valence-electron chi connectivity index (χ4n) is 3.61. The molecule has 0 saturated carbocycles. The summed E-state index contributed by atoms with van der Waals surface area (Å²) >= 11 is 6.53. The summed E-state index contributed by atoms with van der Waals surface area (Å²) in [6.07, 6.45) is 0. The Bertz CT molecular complexity index is 831.